The van der Waals surface area contributed by atoms with Crippen LogP contribution in [0.25, 0.3) is 0 Å². The Morgan fingerprint density at radius 3 is 2.93 bits per heavy atom. The third-order valence-electron chi connectivity index (χ3n) is 2.67. The molecule has 0 saturated heterocycles. The normalized spacial score (nSPS) is 25.1. The fraction of sp³-hybridized carbons (Fsp3) is 0.364. The maximum Gasteiger partial charge on any atom is 0.188 e. The molecule has 0 spiro atoms. The minimum atomic E-state index is 0.437. The largest absolute Gasteiger partial charge is 0.370 e. The molecule has 3 nitrogen and oxygen atoms in total. The molecule has 1 aromatic carbocycles. The van der Waals surface area contributed by atoms with Crippen LogP contribution in [0.5, 0.6) is 0 Å². The smallest absolute Gasteiger partial charge is 0.188 e. The number of nitrogens with zero attached hydrogens (tertiary/aromatic N) is 1. The third-order valence-corrected chi connectivity index (χ3v) is 3.39. The Morgan fingerprint density at radius 2 is 2.27 bits per heavy atom. The highest BCUT2D eigenvalue weighted by Gasteiger charge is 2.39. The summed E-state index contributed by atoms with van der Waals surface area (Å²) in [7, 11) is 1.69. The average molecular weight is 268 g/mol. The molecule has 1 saturated carbocycles. The van der Waals surface area contributed by atoms with E-state index in [1.54, 1.807) is 7.05 Å². The Balaban J connectivity index is 2.02. The van der Waals surface area contributed by atoms with Crippen LogP contribution in [-0.2, 0) is 0 Å². The Morgan fingerprint density at radius 1 is 1.53 bits per heavy atom. The Kier molecular flexibility index (Phi) is 2.95. The molecule has 3 N–H and O–H groups in total. The van der Waals surface area contributed by atoms with Crippen molar-refractivity contribution >= 4 is 21.9 Å². The van der Waals surface area contributed by atoms with Gasteiger partial charge < -0.3 is 11.1 Å². The molecule has 0 aromatic heterocycles. The van der Waals surface area contributed by atoms with Crippen molar-refractivity contribution in [1.82, 2.24) is 5.32 Å². The van der Waals surface area contributed by atoms with Gasteiger partial charge in [0, 0.05) is 23.5 Å². The van der Waals surface area contributed by atoms with Gasteiger partial charge in [0.05, 0.1) is 0 Å². The van der Waals surface area contributed by atoms with Crippen molar-refractivity contribution in [3.63, 3.8) is 0 Å². The summed E-state index contributed by atoms with van der Waals surface area (Å²) in [4.78, 5) is 3.89. The molecule has 80 valence electrons. The average Bonchev–Trinajstić information content (AvgIpc) is 2.97. The lowest BCUT2D eigenvalue weighted by Crippen LogP contribution is -2.33. The highest BCUT2D eigenvalue weighted by molar-refractivity contribution is 9.10. The second-order valence-corrected chi connectivity index (χ2v) is 4.58. The highest BCUT2D eigenvalue weighted by Crippen LogP contribution is 2.43. The van der Waals surface area contributed by atoms with Crippen molar-refractivity contribution in [3.8, 4) is 0 Å². The van der Waals surface area contributed by atoms with Crippen LogP contribution in [0.2, 0.25) is 0 Å². The fourth-order valence-corrected chi connectivity index (χ4v) is 2.31. The van der Waals surface area contributed by atoms with Crippen molar-refractivity contribution in [2.45, 2.75) is 18.4 Å². The molecule has 0 aliphatic heterocycles. The summed E-state index contributed by atoms with van der Waals surface area (Å²) in [6.45, 7) is 0. The number of guanidine groups is 1. The zero-order chi connectivity index (χ0) is 10.8. The number of rotatable bonds is 2. The lowest BCUT2D eigenvalue weighted by atomic mass is 10.1. The van der Waals surface area contributed by atoms with Gasteiger partial charge in [-0.25, -0.2) is 0 Å². The second-order valence-electron chi connectivity index (χ2n) is 3.72. The molecule has 2 atom stereocenters. The summed E-state index contributed by atoms with van der Waals surface area (Å²) >= 11 is 3.56. The number of nitrogens with two attached hydrogens (primary N) is 1. The van der Waals surface area contributed by atoms with Gasteiger partial charge in [-0.15, -0.1) is 0 Å². The molecule has 0 heterocycles. The van der Waals surface area contributed by atoms with E-state index in [1.807, 2.05) is 6.07 Å². The summed E-state index contributed by atoms with van der Waals surface area (Å²) in [5, 5.41) is 3.19. The van der Waals surface area contributed by atoms with Crippen LogP contribution >= 0.6 is 15.9 Å². The Hall–Kier alpha value is -1.03. The zero-order valence-corrected chi connectivity index (χ0v) is 10.2. The maximum absolute atomic E-state index is 5.62. The van der Waals surface area contributed by atoms with E-state index in [1.165, 1.54) is 10.0 Å². The predicted octanol–water partition coefficient (Wildman–Crippen LogP) is 1.84. The van der Waals surface area contributed by atoms with Crippen molar-refractivity contribution in [2.24, 2.45) is 10.7 Å². The van der Waals surface area contributed by atoms with E-state index < -0.39 is 0 Å². The molecular formula is C11H14BrN3. The molecule has 1 fully saturated rings. The molecule has 0 bridgehead atoms. The predicted molar refractivity (Wildman–Crippen MR) is 66.0 cm³/mol. The van der Waals surface area contributed by atoms with E-state index in [-0.39, 0.29) is 0 Å². The van der Waals surface area contributed by atoms with E-state index in [4.69, 9.17) is 5.73 Å². The third kappa shape index (κ3) is 2.31. The number of hydrogen-bond acceptors (Lipinski definition) is 1. The van der Waals surface area contributed by atoms with Crippen LogP contribution < -0.4 is 11.1 Å². The lowest BCUT2D eigenvalue weighted by molar-refractivity contribution is 0.856. The molecule has 0 radical (unpaired) electrons. The van der Waals surface area contributed by atoms with Crippen LogP contribution in [0.4, 0.5) is 0 Å². The van der Waals surface area contributed by atoms with Crippen LogP contribution in [0.1, 0.15) is 17.9 Å². The first-order chi connectivity index (χ1) is 7.22. The lowest BCUT2D eigenvalue weighted by Gasteiger charge is -2.05. The van der Waals surface area contributed by atoms with E-state index >= 15 is 0 Å². The SMILES string of the molecule is CN=C(N)N[C@@H]1C[C@H]1c1ccccc1Br. The van der Waals surface area contributed by atoms with Crippen LogP contribution in [0.15, 0.2) is 33.7 Å². The molecule has 15 heavy (non-hydrogen) atoms. The topological polar surface area (TPSA) is 50.4 Å². The molecule has 4 heteroatoms. The molecule has 1 aliphatic rings. The number of halogens is 1. The Bertz CT molecular complexity index is 389. The second kappa shape index (κ2) is 4.23. The molecule has 0 amide bonds. The minimum absolute atomic E-state index is 0.437. The summed E-state index contributed by atoms with van der Waals surface area (Å²) in [6, 6.07) is 8.75. The minimum Gasteiger partial charge on any atom is -0.370 e. The molecular weight excluding hydrogens is 254 g/mol. The first-order valence-corrected chi connectivity index (χ1v) is 5.75. The van der Waals surface area contributed by atoms with E-state index in [0.717, 1.165) is 6.42 Å². The van der Waals surface area contributed by atoms with E-state index in [9.17, 15) is 0 Å². The van der Waals surface area contributed by atoms with E-state index in [0.29, 0.717) is 17.9 Å². The summed E-state index contributed by atoms with van der Waals surface area (Å²) < 4.78 is 1.17. The first kappa shape index (κ1) is 10.5. The number of aliphatic imine (C=N–C) groups is 1. The van der Waals surface area contributed by atoms with Gasteiger partial charge >= 0.3 is 0 Å². The Labute approximate surface area is 97.9 Å². The highest BCUT2D eigenvalue weighted by atomic mass is 79.9. The van der Waals surface area contributed by atoms with Gasteiger partial charge in [0.1, 0.15) is 0 Å². The quantitative estimate of drug-likeness (QED) is 0.635. The number of hydrogen-bond donors (Lipinski definition) is 2. The van der Waals surface area contributed by atoms with E-state index in [2.05, 4.69) is 44.4 Å². The molecule has 0 unspecified atom stereocenters. The monoisotopic (exact) mass is 267 g/mol. The summed E-state index contributed by atoms with van der Waals surface area (Å²) in [5.74, 6) is 1.08. The van der Waals surface area contributed by atoms with Gasteiger partial charge in [-0.05, 0) is 18.1 Å². The first-order valence-electron chi connectivity index (χ1n) is 4.95. The van der Waals surface area contributed by atoms with Crippen molar-refractivity contribution in [1.29, 1.82) is 0 Å². The van der Waals surface area contributed by atoms with Crippen LogP contribution in [-0.4, -0.2) is 19.0 Å². The van der Waals surface area contributed by atoms with Gasteiger partial charge in [-0.1, -0.05) is 34.1 Å². The van der Waals surface area contributed by atoms with Gasteiger partial charge in [-0.3, -0.25) is 4.99 Å². The number of nitrogens with one attached hydrogen (secondary N) is 1. The van der Waals surface area contributed by atoms with Gasteiger partial charge in [0.15, 0.2) is 5.96 Å². The van der Waals surface area contributed by atoms with Crippen molar-refractivity contribution in [3.05, 3.63) is 34.3 Å². The fourth-order valence-electron chi connectivity index (χ4n) is 1.73. The zero-order valence-electron chi connectivity index (χ0n) is 8.57. The van der Waals surface area contributed by atoms with Gasteiger partial charge in [-0.2, -0.15) is 0 Å². The van der Waals surface area contributed by atoms with Crippen molar-refractivity contribution < 1.29 is 0 Å². The molecule has 1 aromatic rings. The van der Waals surface area contributed by atoms with Crippen LogP contribution in [0.3, 0.4) is 0 Å². The van der Waals surface area contributed by atoms with Crippen molar-refractivity contribution in [2.75, 3.05) is 7.05 Å². The standard InChI is InChI=1S/C11H14BrN3/c1-14-11(13)15-10-6-8(10)7-4-2-3-5-9(7)12/h2-5,8,10H,6H2,1H3,(H3,13,14,15)/t8-,10+/m0/s1. The molecule has 2 rings (SSSR count). The summed E-state index contributed by atoms with van der Waals surface area (Å²) in [6.07, 6.45) is 1.12. The van der Waals surface area contributed by atoms with Gasteiger partial charge in [0.2, 0.25) is 0 Å². The number of benzene rings is 1. The molecule has 1 aliphatic carbocycles. The maximum atomic E-state index is 5.62. The van der Waals surface area contributed by atoms with Gasteiger partial charge in [0.25, 0.3) is 0 Å². The summed E-state index contributed by atoms with van der Waals surface area (Å²) in [5.41, 5.74) is 6.97. The van der Waals surface area contributed by atoms with Crippen LogP contribution in [0, 0.1) is 0 Å².